The summed E-state index contributed by atoms with van der Waals surface area (Å²) in [5, 5.41) is 0. The van der Waals surface area contributed by atoms with Crippen LogP contribution in [0.25, 0.3) is 0 Å². The molecule has 2 aromatic rings. The minimum absolute atomic E-state index is 0.255. The molecule has 112 valence electrons. The van der Waals surface area contributed by atoms with E-state index in [2.05, 4.69) is 12.1 Å². The van der Waals surface area contributed by atoms with E-state index in [0.29, 0.717) is 5.56 Å². The molecule has 1 unspecified atom stereocenters. The van der Waals surface area contributed by atoms with Crippen LogP contribution in [0.5, 0.6) is 0 Å². The summed E-state index contributed by atoms with van der Waals surface area (Å²) < 4.78 is 26.9. The van der Waals surface area contributed by atoms with Crippen molar-refractivity contribution in [3.63, 3.8) is 0 Å². The van der Waals surface area contributed by atoms with Crippen LogP contribution in [-0.4, -0.2) is 25.0 Å². The highest BCUT2D eigenvalue weighted by atomic mass is 19.1. The summed E-state index contributed by atoms with van der Waals surface area (Å²) in [5.74, 6) is -1.11. The van der Waals surface area contributed by atoms with Gasteiger partial charge < -0.3 is 5.73 Å². The van der Waals surface area contributed by atoms with E-state index in [-0.39, 0.29) is 12.6 Å². The molecule has 1 atom stereocenters. The molecule has 0 fully saturated rings. The van der Waals surface area contributed by atoms with E-state index in [9.17, 15) is 8.78 Å². The molecule has 2 N–H and O–H groups in total. The van der Waals surface area contributed by atoms with Crippen LogP contribution >= 0.6 is 0 Å². The molecular weight excluding hydrogens is 270 g/mol. The number of nitrogens with two attached hydrogens (primary N) is 1. The van der Waals surface area contributed by atoms with Crippen LogP contribution in [0.4, 0.5) is 8.78 Å². The van der Waals surface area contributed by atoms with Gasteiger partial charge in [-0.15, -0.1) is 0 Å². The molecule has 2 rings (SSSR count). The maximum Gasteiger partial charge on any atom is 0.130 e. The van der Waals surface area contributed by atoms with Crippen LogP contribution < -0.4 is 5.73 Å². The Balaban J connectivity index is 2.06. The van der Waals surface area contributed by atoms with Gasteiger partial charge >= 0.3 is 0 Å². The van der Waals surface area contributed by atoms with Gasteiger partial charge in [0, 0.05) is 30.8 Å². The van der Waals surface area contributed by atoms with E-state index < -0.39 is 11.6 Å². The first-order valence-electron chi connectivity index (χ1n) is 7.01. The maximum absolute atomic E-state index is 13.9. The summed E-state index contributed by atoms with van der Waals surface area (Å²) in [5.41, 5.74) is 7.44. The van der Waals surface area contributed by atoms with Crippen LogP contribution in [0.15, 0.2) is 48.5 Å². The molecule has 0 saturated carbocycles. The van der Waals surface area contributed by atoms with Gasteiger partial charge in [0.25, 0.3) is 0 Å². The molecule has 0 aliphatic carbocycles. The van der Waals surface area contributed by atoms with Crippen molar-refractivity contribution >= 4 is 0 Å². The quantitative estimate of drug-likeness (QED) is 0.885. The van der Waals surface area contributed by atoms with E-state index in [0.717, 1.165) is 19.0 Å². The summed E-state index contributed by atoms with van der Waals surface area (Å²) in [6.45, 7) is 1.04. The van der Waals surface area contributed by atoms with Crippen molar-refractivity contribution in [2.75, 3.05) is 20.1 Å². The molecule has 0 aliphatic heterocycles. The first kappa shape index (κ1) is 15.6. The average molecular weight is 290 g/mol. The minimum Gasteiger partial charge on any atom is -0.329 e. The summed E-state index contributed by atoms with van der Waals surface area (Å²) >= 11 is 0. The van der Waals surface area contributed by atoms with Crippen molar-refractivity contribution in [3.8, 4) is 0 Å². The van der Waals surface area contributed by atoms with E-state index in [4.69, 9.17) is 5.73 Å². The van der Waals surface area contributed by atoms with Gasteiger partial charge in [-0.05, 0) is 25.1 Å². The third-order valence-electron chi connectivity index (χ3n) is 3.67. The van der Waals surface area contributed by atoms with E-state index in [1.54, 1.807) is 0 Å². The van der Waals surface area contributed by atoms with E-state index >= 15 is 0 Å². The lowest BCUT2D eigenvalue weighted by Gasteiger charge is -2.27. The van der Waals surface area contributed by atoms with E-state index in [1.807, 2.05) is 30.1 Å². The SMILES string of the molecule is CN(CCc1ccccc1)C(CN)c1ccc(F)cc1F. The summed E-state index contributed by atoms with van der Waals surface area (Å²) in [6, 6.07) is 13.5. The number of hydrogen-bond acceptors (Lipinski definition) is 2. The van der Waals surface area contributed by atoms with Crippen molar-refractivity contribution < 1.29 is 8.78 Å². The maximum atomic E-state index is 13.9. The lowest BCUT2D eigenvalue weighted by Crippen LogP contribution is -2.32. The predicted molar refractivity (Wildman–Crippen MR) is 80.9 cm³/mol. The lowest BCUT2D eigenvalue weighted by atomic mass is 10.0. The molecule has 0 spiro atoms. The zero-order valence-corrected chi connectivity index (χ0v) is 12.1. The van der Waals surface area contributed by atoms with Crippen molar-refractivity contribution in [3.05, 3.63) is 71.3 Å². The summed E-state index contributed by atoms with van der Waals surface area (Å²) in [6.07, 6.45) is 0.858. The van der Waals surface area contributed by atoms with Gasteiger partial charge in [0.1, 0.15) is 11.6 Å². The Morgan fingerprint density at radius 3 is 2.43 bits per heavy atom. The molecule has 21 heavy (non-hydrogen) atoms. The average Bonchev–Trinajstić information content (AvgIpc) is 2.49. The highest BCUT2D eigenvalue weighted by molar-refractivity contribution is 5.23. The fourth-order valence-electron chi connectivity index (χ4n) is 2.42. The number of rotatable bonds is 6. The largest absolute Gasteiger partial charge is 0.329 e. The second-order valence-corrected chi connectivity index (χ2v) is 5.13. The number of hydrogen-bond donors (Lipinski definition) is 1. The highest BCUT2D eigenvalue weighted by Gasteiger charge is 2.19. The van der Waals surface area contributed by atoms with Crippen LogP contribution in [-0.2, 0) is 6.42 Å². The fraction of sp³-hybridized carbons (Fsp3) is 0.294. The van der Waals surface area contributed by atoms with Crippen molar-refractivity contribution in [2.24, 2.45) is 5.73 Å². The molecule has 4 heteroatoms. The second-order valence-electron chi connectivity index (χ2n) is 5.13. The van der Waals surface area contributed by atoms with Crippen LogP contribution in [0.1, 0.15) is 17.2 Å². The molecule has 0 aliphatic rings. The third kappa shape index (κ3) is 4.09. The normalized spacial score (nSPS) is 12.6. The number of benzene rings is 2. The Kier molecular flexibility index (Phi) is 5.42. The molecule has 2 nitrogen and oxygen atoms in total. The third-order valence-corrected chi connectivity index (χ3v) is 3.67. The molecule has 0 saturated heterocycles. The Labute approximate surface area is 124 Å². The Morgan fingerprint density at radius 2 is 1.81 bits per heavy atom. The lowest BCUT2D eigenvalue weighted by molar-refractivity contribution is 0.247. The zero-order chi connectivity index (χ0) is 15.2. The van der Waals surface area contributed by atoms with Crippen LogP contribution in [0.2, 0.25) is 0 Å². The van der Waals surface area contributed by atoms with Crippen molar-refractivity contribution in [1.29, 1.82) is 0 Å². The van der Waals surface area contributed by atoms with Gasteiger partial charge in [0.15, 0.2) is 0 Å². The number of likely N-dealkylation sites (N-methyl/N-ethyl adjacent to an activating group) is 1. The molecular formula is C17H20F2N2. The predicted octanol–water partition coefficient (Wildman–Crippen LogP) is 3.14. The molecule has 0 radical (unpaired) electrons. The van der Waals surface area contributed by atoms with Gasteiger partial charge in [-0.1, -0.05) is 36.4 Å². The Hall–Kier alpha value is -1.78. The topological polar surface area (TPSA) is 29.3 Å². The molecule has 0 heterocycles. The number of nitrogens with zero attached hydrogens (tertiary/aromatic N) is 1. The first-order chi connectivity index (χ1) is 10.1. The Morgan fingerprint density at radius 1 is 1.10 bits per heavy atom. The smallest absolute Gasteiger partial charge is 0.130 e. The first-order valence-corrected chi connectivity index (χ1v) is 7.01. The van der Waals surface area contributed by atoms with Crippen molar-refractivity contribution in [2.45, 2.75) is 12.5 Å². The van der Waals surface area contributed by atoms with Crippen molar-refractivity contribution in [1.82, 2.24) is 4.90 Å². The van der Waals surface area contributed by atoms with Gasteiger partial charge in [0.05, 0.1) is 0 Å². The summed E-state index contributed by atoms with van der Waals surface area (Å²) in [7, 11) is 1.91. The second kappa shape index (κ2) is 7.29. The molecule has 2 aromatic carbocycles. The van der Waals surface area contributed by atoms with Gasteiger partial charge in [0.2, 0.25) is 0 Å². The Bertz CT molecular complexity index is 572. The molecule has 0 aromatic heterocycles. The van der Waals surface area contributed by atoms with E-state index in [1.165, 1.54) is 17.7 Å². The standard InChI is InChI=1S/C17H20F2N2/c1-21(10-9-13-5-3-2-4-6-13)17(12-20)15-8-7-14(18)11-16(15)19/h2-8,11,17H,9-10,12,20H2,1H3. The zero-order valence-electron chi connectivity index (χ0n) is 12.1. The number of halogens is 2. The molecule has 0 bridgehead atoms. The van der Waals surface area contributed by atoms with Gasteiger partial charge in [-0.25, -0.2) is 8.78 Å². The minimum atomic E-state index is -0.570. The van der Waals surface area contributed by atoms with Crippen LogP contribution in [0.3, 0.4) is 0 Å². The van der Waals surface area contributed by atoms with Gasteiger partial charge in [-0.2, -0.15) is 0 Å². The summed E-state index contributed by atoms with van der Waals surface area (Å²) in [4.78, 5) is 2.00. The van der Waals surface area contributed by atoms with Crippen LogP contribution in [0, 0.1) is 11.6 Å². The van der Waals surface area contributed by atoms with Gasteiger partial charge in [-0.3, -0.25) is 4.90 Å². The molecule has 0 amide bonds. The fourth-order valence-corrected chi connectivity index (χ4v) is 2.42. The highest BCUT2D eigenvalue weighted by Crippen LogP contribution is 2.22. The monoisotopic (exact) mass is 290 g/mol.